The van der Waals surface area contributed by atoms with E-state index in [0.29, 0.717) is 24.0 Å². The minimum Gasteiger partial charge on any atom is -0.352 e. The molecular formula is C13H23N5O. The van der Waals surface area contributed by atoms with Gasteiger partial charge in [0, 0.05) is 24.3 Å². The molecule has 0 aliphatic heterocycles. The molecule has 1 aromatic heterocycles. The number of hydrogen-bond acceptors (Lipinski definition) is 5. The lowest BCUT2D eigenvalue weighted by Crippen LogP contribution is -2.31. The average Bonchev–Trinajstić information content (AvgIpc) is 2.42. The molecule has 0 aliphatic carbocycles. The van der Waals surface area contributed by atoms with Crippen LogP contribution in [0.5, 0.6) is 0 Å². The van der Waals surface area contributed by atoms with E-state index in [4.69, 9.17) is 5.84 Å². The number of carbonyl (C=O) groups excluding carboxylic acids is 1. The van der Waals surface area contributed by atoms with E-state index in [-0.39, 0.29) is 5.91 Å². The van der Waals surface area contributed by atoms with Gasteiger partial charge < -0.3 is 15.6 Å². The first-order valence-electron chi connectivity index (χ1n) is 6.45. The van der Waals surface area contributed by atoms with E-state index < -0.39 is 0 Å². The van der Waals surface area contributed by atoms with Gasteiger partial charge in [0.05, 0.1) is 0 Å². The lowest BCUT2D eigenvalue weighted by Gasteiger charge is -2.20. The van der Waals surface area contributed by atoms with Crippen molar-refractivity contribution in [3.8, 4) is 0 Å². The van der Waals surface area contributed by atoms with Gasteiger partial charge in [0.1, 0.15) is 5.82 Å². The number of nitrogen functional groups attached to an aromatic ring is 1. The van der Waals surface area contributed by atoms with E-state index in [1.54, 1.807) is 18.3 Å². The van der Waals surface area contributed by atoms with Crippen LogP contribution in [0.25, 0.3) is 0 Å². The highest BCUT2D eigenvalue weighted by Gasteiger charge is 2.07. The maximum absolute atomic E-state index is 11.9. The zero-order valence-electron chi connectivity index (χ0n) is 11.8. The van der Waals surface area contributed by atoms with Gasteiger partial charge in [-0.1, -0.05) is 0 Å². The quantitative estimate of drug-likeness (QED) is 0.386. The summed E-state index contributed by atoms with van der Waals surface area (Å²) >= 11 is 0. The zero-order chi connectivity index (χ0) is 14.3. The molecule has 0 fully saturated rings. The second-order valence-electron chi connectivity index (χ2n) is 4.76. The van der Waals surface area contributed by atoms with Gasteiger partial charge in [-0.2, -0.15) is 0 Å². The van der Waals surface area contributed by atoms with E-state index >= 15 is 0 Å². The van der Waals surface area contributed by atoms with E-state index in [9.17, 15) is 4.79 Å². The van der Waals surface area contributed by atoms with Gasteiger partial charge in [0.25, 0.3) is 5.91 Å². The smallest absolute Gasteiger partial charge is 0.251 e. The Morgan fingerprint density at radius 2 is 2.26 bits per heavy atom. The van der Waals surface area contributed by atoms with Crippen LogP contribution in [0.4, 0.5) is 5.82 Å². The second-order valence-corrected chi connectivity index (χ2v) is 4.76. The highest BCUT2D eigenvalue weighted by Crippen LogP contribution is 2.05. The van der Waals surface area contributed by atoms with Gasteiger partial charge in [0.15, 0.2) is 0 Å². The van der Waals surface area contributed by atoms with E-state index in [0.717, 1.165) is 13.0 Å². The second kappa shape index (κ2) is 7.70. The third kappa shape index (κ3) is 5.23. The summed E-state index contributed by atoms with van der Waals surface area (Å²) in [5, 5.41) is 2.88. The molecule has 0 aromatic carbocycles. The van der Waals surface area contributed by atoms with Crippen LogP contribution >= 0.6 is 0 Å². The Morgan fingerprint density at radius 1 is 1.53 bits per heavy atom. The molecule has 6 heteroatoms. The Morgan fingerprint density at radius 3 is 2.89 bits per heavy atom. The molecule has 6 nitrogen and oxygen atoms in total. The molecule has 1 rings (SSSR count). The molecule has 0 aliphatic rings. The molecule has 1 amide bonds. The van der Waals surface area contributed by atoms with Crippen molar-refractivity contribution < 1.29 is 4.79 Å². The predicted molar refractivity (Wildman–Crippen MR) is 76.8 cm³/mol. The van der Waals surface area contributed by atoms with Crippen LogP contribution < -0.4 is 16.6 Å². The first-order chi connectivity index (χ1) is 9.04. The molecule has 0 atom stereocenters. The molecular weight excluding hydrogens is 242 g/mol. The van der Waals surface area contributed by atoms with E-state index in [1.165, 1.54) is 0 Å². The minimum atomic E-state index is -0.105. The van der Waals surface area contributed by atoms with Gasteiger partial charge >= 0.3 is 0 Å². The van der Waals surface area contributed by atoms with Crippen LogP contribution in [-0.2, 0) is 0 Å². The monoisotopic (exact) mass is 265 g/mol. The maximum Gasteiger partial charge on any atom is 0.251 e. The van der Waals surface area contributed by atoms with Crippen molar-refractivity contribution in [2.75, 3.05) is 25.6 Å². The van der Waals surface area contributed by atoms with E-state index in [1.807, 2.05) is 0 Å². The number of nitrogens with one attached hydrogen (secondary N) is 2. The summed E-state index contributed by atoms with van der Waals surface area (Å²) in [7, 11) is 2.08. The molecule has 0 bridgehead atoms. The van der Waals surface area contributed by atoms with E-state index in [2.05, 4.69) is 41.5 Å². The first kappa shape index (κ1) is 15.4. The SMILES string of the molecule is CC(C)N(C)CCCNC(=O)c1ccnc(NN)c1. The number of hydrazine groups is 1. The minimum absolute atomic E-state index is 0.105. The van der Waals surface area contributed by atoms with Gasteiger partial charge in [0.2, 0.25) is 0 Å². The number of amides is 1. The van der Waals surface area contributed by atoms with Crippen LogP contribution in [-0.4, -0.2) is 42.0 Å². The molecule has 1 heterocycles. The molecule has 0 saturated heterocycles. The molecule has 0 spiro atoms. The fourth-order valence-electron chi connectivity index (χ4n) is 1.54. The fourth-order valence-corrected chi connectivity index (χ4v) is 1.54. The summed E-state index contributed by atoms with van der Waals surface area (Å²) in [6, 6.07) is 3.81. The van der Waals surface area contributed by atoms with Crippen molar-refractivity contribution in [1.29, 1.82) is 0 Å². The van der Waals surface area contributed by atoms with Crippen molar-refractivity contribution in [2.45, 2.75) is 26.3 Å². The lowest BCUT2D eigenvalue weighted by molar-refractivity contribution is 0.0951. The largest absolute Gasteiger partial charge is 0.352 e. The number of pyridine rings is 1. The highest BCUT2D eigenvalue weighted by atomic mass is 16.1. The first-order valence-corrected chi connectivity index (χ1v) is 6.45. The number of carbonyl (C=O) groups is 1. The van der Waals surface area contributed by atoms with Gasteiger partial charge in [-0.15, -0.1) is 0 Å². The maximum atomic E-state index is 11.9. The summed E-state index contributed by atoms with van der Waals surface area (Å²) in [5.74, 6) is 5.63. The summed E-state index contributed by atoms with van der Waals surface area (Å²) in [4.78, 5) is 18.1. The van der Waals surface area contributed by atoms with Crippen LogP contribution in [0, 0.1) is 0 Å². The molecule has 0 radical (unpaired) electrons. The molecule has 1 aromatic rings. The zero-order valence-corrected chi connectivity index (χ0v) is 11.8. The third-order valence-corrected chi connectivity index (χ3v) is 3.02. The Labute approximate surface area is 114 Å². The van der Waals surface area contributed by atoms with Gasteiger partial charge in [-0.25, -0.2) is 10.8 Å². The Hall–Kier alpha value is -1.66. The number of nitrogens with two attached hydrogens (primary N) is 1. The topological polar surface area (TPSA) is 83.3 Å². The van der Waals surface area contributed by atoms with Gasteiger partial charge in [-0.3, -0.25) is 4.79 Å². The standard InChI is InChI=1S/C13H23N5O/c1-10(2)18(3)8-4-6-16-13(19)11-5-7-15-12(9-11)17-14/h5,7,9-10H,4,6,8,14H2,1-3H3,(H,15,17)(H,16,19). The number of aromatic nitrogens is 1. The van der Waals surface area contributed by atoms with Crippen molar-refractivity contribution >= 4 is 11.7 Å². The number of rotatable bonds is 7. The normalized spacial score (nSPS) is 10.8. The number of nitrogens with zero attached hydrogens (tertiary/aromatic N) is 2. The average molecular weight is 265 g/mol. The number of anilines is 1. The summed E-state index contributed by atoms with van der Waals surface area (Å²) in [6.07, 6.45) is 2.48. The highest BCUT2D eigenvalue weighted by molar-refractivity contribution is 5.94. The predicted octanol–water partition coefficient (Wildman–Crippen LogP) is 0.827. The molecule has 19 heavy (non-hydrogen) atoms. The molecule has 0 saturated carbocycles. The summed E-state index contributed by atoms with van der Waals surface area (Å²) in [6.45, 7) is 5.92. The van der Waals surface area contributed by atoms with Gasteiger partial charge in [-0.05, 0) is 46.0 Å². The fraction of sp³-hybridized carbons (Fsp3) is 0.538. The van der Waals surface area contributed by atoms with Crippen molar-refractivity contribution in [3.05, 3.63) is 23.9 Å². The van der Waals surface area contributed by atoms with Crippen LogP contribution in [0.2, 0.25) is 0 Å². The van der Waals surface area contributed by atoms with Crippen molar-refractivity contribution in [3.63, 3.8) is 0 Å². The summed E-state index contributed by atoms with van der Waals surface area (Å²) < 4.78 is 0. The lowest BCUT2D eigenvalue weighted by atomic mass is 10.2. The van der Waals surface area contributed by atoms with Crippen LogP contribution in [0.3, 0.4) is 0 Å². The molecule has 0 unspecified atom stereocenters. The third-order valence-electron chi connectivity index (χ3n) is 3.02. The van der Waals surface area contributed by atoms with Crippen LogP contribution in [0.15, 0.2) is 18.3 Å². The molecule has 106 valence electrons. The Balaban J connectivity index is 2.35. The summed E-state index contributed by atoms with van der Waals surface area (Å²) in [5.41, 5.74) is 2.97. The Kier molecular flexibility index (Phi) is 6.24. The van der Waals surface area contributed by atoms with Crippen LogP contribution in [0.1, 0.15) is 30.6 Å². The van der Waals surface area contributed by atoms with Crippen molar-refractivity contribution in [1.82, 2.24) is 15.2 Å². The Bertz CT molecular complexity index is 408. The molecule has 4 N–H and O–H groups in total. The number of hydrogen-bond donors (Lipinski definition) is 3. The van der Waals surface area contributed by atoms with Crippen molar-refractivity contribution in [2.24, 2.45) is 5.84 Å².